The van der Waals surface area contributed by atoms with Crippen molar-refractivity contribution in [3.8, 4) is 0 Å². The Bertz CT molecular complexity index is 1170. The highest BCUT2D eigenvalue weighted by atomic mass is 15.2. The standard InChI is InChI=1S/C30H26N2/c1-5-13-22(14-6-1)26-21-30(25-19-11-4-12-20-25)31-28(23-15-7-2-8-16-23)27(26)29(32-30)24-17-9-3-10-18-24/h1-20,26-28,31H,21H2. The summed E-state index contributed by atoms with van der Waals surface area (Å²) in [4.78, 5) is 5.48. The number of nitrogens with one attached hydrogen (secondary N) is 1. The third-order valence-corrected chi connectivity index (χ3v) is 7.04. The number of hydrogen-bond acceptors (Lipinski definition) is 2. The molecule has 3 heterocycles. The summed E-state index contributed by atoms with van der Waals surface area (Å²) in [5.41, 5.74) is 5.92. The summed E-state index contributed by atoms with van der Waals surface area (Å²) in [6, 6.07) is 43.6. The van der Waals surface area contributed by atoms with Crippen LogP contribution in [0.1, 0.15) is 40.6 Å². The number of aliphatic imine (C=N–C) groups is 1. The van der Waals surface area contributed by atoms with Gasteiger partial charge in [0.05, 0.1) is 5.71 Å². The van der Waals surface area contributed by atoms with E-state index in [4.69, 9.17) is 4.99 Å². The molecule has 4 atom stereocenters. The minimum Gasteiger partial charge on any atom is -0.282 e. The molecule has 2 bridgehead atoms. The highest BCUT2D eigenvalue weighted by Gasteiger charge is 2.53. The van der Waals surface area contributed by atoms with Crippen LogP contribution < -0.4 is 5.32 Å². The van der Waals surface area contributed by atoms with Gasteiger partial charge in [-0.2, -0.15) is 0 Å². The molecule has 4 aromatic carbocycles. The minimum atomic E-state index is -0.456. The number of fused-ring (bicyclic) bond motifs is 2. The van der Waals surface area contributed by atoms with E-state index >= 15 is 0 Å². The molecular formula is C30H26N2. The fraction of sp³-hybridized carbons (Fsp3) is 0.167. The van der Waals surface area contributed by atoms with Gasteiger partial charge in [-0.1, -0.05) is 121 Å². The van der Waals surface area contributed by atoms with Crippen LogP contribution in [0.5, 0.6) is 0 Å². The zero-order valence-corrected chi connectivity index (χ0v) is 17.9. The second-order valence-electron chi connectivity index (χ2n) is 8.87. The van der Waals surface area contributed by atoms with Crippen molar-refractivity contribution in [2.75, 3.05) is 0 Å². The van der Waals surface area contributed by atoms with Gasteiger partial charge in [-0.3, -0.25) is 10.3 Å². The Morgan fingerprint density at radius 2 is 1.16 bits per heavy atom. The predicted octanol–water partition coefficient (Wildman–Crippen LogP) is 6.48. The SMILES string of the molecule is c1ccc(C2=NC3(c4ccccc4)CC(c4ccccc4)C2C(c2ccccc2)N3)cc1. The van der Waals surface area contributed by atoms with Crippen LogP contribution in [-0.2, 0) is 5.66 Å². The maximum atomic E-state index is 5.48. The highest BCUT2D eigenvalue weighted by molar-refractivity contribution is 6.04. The maximum Gasteiger partial charge on any atom is 0.137 e. The number of benzene rings is 4. The van der Waals surface area contributed by atoms with E-state index < -0.39 is 5.66 Å². The first-order valence-corrected chi connectivity index (χ1v) is 11.4. The van der Waals surface area contributed by atoms with Crippen molar-refractivity contribution in [3.05, 3.63) is 144 Å². The zero-order chi connectivity index (χ0) is 21.4. The molecule has 2 nitrogen and oxygen atoms in total. The Morgan fingerprint density at radius 1 is 0.625 bits per heavy atom. The van der Waals surface area contributed by atoms with E-state index in [1.54, 1.807) is 0 Å². The number of hydrogen-bond donors (Lipinski definition) is 1. The second kappa shape index (κ2) is 7.89. The van der Waals surface area contributed by atoms with Gasteiger partial charge in [-0.15, -0.1) is 0 Å². The van der Waals surface area contributed by atoms with Gasteiger partial charge in [-0.05, 0) is 34.6 Å². The molecule has 1 fully saturated rings. The van der Waals surface area contributed by atoms with E-state index in [-0.39, 0.29) is 12.0 Å². The molecule has 1 N–H and O–H groups in total. The first-order valence-electron chi connectivity index (χ1n) is 11.4. The van der Waals surface area contributed by atoms with Crippen LogP contribution in [-0.4, -0.2) is 5.71 Å². The van der Waals surface area contributed by atoms with Crippen LogP contribution in [0.25, 0.3) is 0 Å². The molecule has 0 aromatic heterocycles. The van der Waals surface area contributed by atoms with E-state index in [0.29, 0.717) is 5.92 Å². The minimum absolute atomic E-state index is 0.183. The van der Waals surface area contributed by atoms with Crippen molar-refractivity contribution in [1.29, 1.82) is 0 Å². The smallest absolute Gasteiger partial charge is 0.137 e. The molecule has 0 radical (unpaired) electrons. The summed E-state index contributed by atoms with van der Waals surface area (Å²) in [5.74, 6) is 0.628. The van der Waals surface area contributed by atoms with E-state index in [9.17, 15) is 0 Å². The molecule has 0 spiro atoms. The average molecular weight is 415 g/mol. The van der Waals surface area contributed by atoms with Crippen molar-refractivity contribution < 1.29 is 0 Å². The Hall–Kier alpha value is -3.49. The Labute approximate surface area is 189 Å². The van der Waals surface area contributed by atoms with Gasteiger partial charge in [-0.25, -0.2) is 0 Å². The molecule has 3 aliphatic heterocycles. The molecule has 0 amide bonds. The Kier molecular flexibility index (Phi) is 4.74. The summed E-state index contributed by atoms with van der Waals surface area (Å²) in [5, 5.41) is 4.01. The molecule has 4 aromatic rings. The highest BCUT2D eigenvalue weighted by Crippen LogP contribution is 2.54. The normalized spacial score (nSPS) is 26.5. The largest absolute Gasteiger partial charge is 0.282 e. The van der Waals surface area contributed by atoms with Crippen molar-refractivity contribution in [2.24, 2.45) is 10.9 Å². The average Bonchev–Trinajstić information content (AvgIpc) is 2.90. The second-order valence-corrected chi connectivity index (χ2v) is 8.87. The van der Waals surface area contributed by atoms with Crippen LogP contribution in [0.2, 0.25) is 0 Å². The topological polar surface area (TPSA) is 24.4 Å². The number of piperidine rings is 1. The Morgan fingerprint density at radius 3 is 1.78 bits per heavy atom. The lowest BCUT2D eigenvalue weighted by molar-refractivity contribution is 0.139. The van der Waals surface area contributed by atoms with Gasteiger partial charge in [0.2, 0.25) is 0 Å². The summed E-state index contributed by atoms with van der Waals surface area (Å²) in [7, 11) is 0. The van der Waals surface area contributed by atoms with E-state index in [1.165, 1.54) is 28.0 Å². The van der Waals surface area contributed by atoms with Gasteiger partial charge in [0.25, 0.3) is 0 Å². The molecule has 2 heteroatoms. The van der Waals surface area contributed by atoms with E-state index in [2.05, 4.69) is 127 Å². The maximum absolute atomic E-state index is 5.48. The molecule has 0 saturated carbocycles. The van der Waals surface area contributed by atoms with Gasteiger partial charge in [0, 0.05) is 12.0 Å². The molecule has 7 rings (SSSR count). The number of nitrogens with zero attached hydrogens (tertiary/aromatic N) is 1. The predicted molar refractivity (Wildman–Crippen MR) is 131 cm³/mol. The number of rotatable bonds is 4. The van der Waals surface area contributed by atoms with Crippen LogP contribution in [0.3, 0.4) is 0 Å². The lowest BCUT2D eigenvalue weighted by atomic mass is 9.64. The monoisotopic (exact) mass is 414 g/mol. The van der Waals surface area contributed by atoms with Crippen molar-refractivity contribution in [2.45, 2.75) is 24.0 Å². The molecule has 32 heavy (non-hydrogen) atoms. The lowest BCUT2D eigenvalue weighted by Crippen LogP contribution is -2.59. The fourth-order valence-corrected chi connectivity index (χ4v) is 5.61. The third kappa shape index (κ3) is 3.19. The summed E-state index contributed by atoms with van der Waals surface area (Å²) < 4.78 is 0. The first-order chi connectivity index (χ1) is 15.8. The molecule has 156 valence electrons. The van der Waals surface area contributed by atoms with Gasteiger partial charge >= 0.3 is 0 Å². The molecule has 3 aliphatic rings. The van der Waals surface area contributed by atoms with E-state index in [0.717, 1.165) is 6.42 Å². The Balaban J connectivity index is 1.60. The van der Waals surface area contributed by atoms with Crippen molar-refractivity contribution in [3.63, 3.8) is 0 Å². The van der Waals surface area contributed by atoms with Gasteiger partial charge in [0.15, 0.2) is 0 Å². The van der Waals surface area contributed by atoms with E-state index in [1.807, 2.05) is 0 Å². The zero-order valence-electron chi connectivity index (χ0n) is 17.9. The van der Waals surface area contributed by atoms with Crippen LogP contribution in [0.15, 0.2) is 126 Å². The van der Waals surface area contributed by atoms with Crippen LogP contribution in [0.4, 0.5) is 0 Å². The summed E-state index contributed by atoms with van der Waals surface area (Å²) in [6.45, 7) is 0. The lowest BCUT2D eigenvalue weighted by Gasteiger charge is -2.54. The van der Waals surface area contributed by atoms with Crippen molar-refractivity contribution >= 4 is 5.71 Å². The quantitative estimate of drug-likeness (QED) is 0.406. The molecule has 1 saturated heterocycles. The van der Waals surface area contributed by atoms with Crippen LogP contribution in [0, 0.1) is 5.92 Å². The summed E-state index contributed by atoms with van der Waals surface area (Å²) in [6.07, 6.45) is 0.950. The van der Waals surface area contributed by atoms with Crippen LogP contribution >= 0.6 is 0 Å². The van der Waals surface area contributed by atoms with Crippen molar-refractivity contribution in [1.82, 2.24) is 5.32 Å². The summed E-state index contributed by atoms with van der Waals surface area (Å²) >= 11 is 0. The first kappa shape index (κ1) is 19.2. The van der Waals surface area contributed by atoms with Gasteiger partial charge < -0.3 is 0 Å². The molecular weight excluding hydrogens is 388 g/mol. The fourth-order valence-electron chi connectivity index (χ4n) is 5.61. The third-order valence-electron chi connectivity index (χ3n) is 7.04. The van der Waals surface area contributed by atoms with Gasteiger partial charge in [0.1, 0.15) is 5.66 Å². The molecule has 0 aliphatic carbocycles. The molecule has 4 unspecified atom stereocenters.